The Labute approximate surface area is 137 Å². The molecule has 0 aromatic heterocycles. The molecular formula is C9H15N5O8S2. The molecule has 15 heteroatoms. The number of nitrogens with zero attached hydrogens (tertiary/aromatic N) is 3. The van der Waals surface area contributed by atoms with Gasteiger partial charge in [-0.1, -0.05) is 0 Å². The van der Waals surface area contributed by atoms with Crippen molar-refractivity contribution in [2.45, 2.75) is 24.9 Å². The van der Waals surface area contributed by atoms with Crippen molar-refractivity contribution in [3.8, 4) is 0 Å². The predicted octanol–water partition coefficient (Wildman–Crippen LogP) is -2.84. The highest BCUT2D eigenvalue weighted by atomic mass is 32.3. The van der Waals surface area contributed by atoms with E-state index in [1.807, 2.05) is 0 Å². The van der Waals surface area contributed by atoms with E-state index in [1.54, 1.807) is 0 Å². The summed E-state index contributed by atoms with van der Waals surface area (Å²) in [6, 6.07) is -2.48. The lowest BCUT2D eigenvalue weighted by atomic mass is 10.0. The number of sulfonamides is 1. The molecule has 0 spiro atoms. The van der Waals surface area contributed by atoms with Crippen LogP contribution in [0.5, 0.6) is 0 Å². The Kier molecular flexibility index (Phi) is 4.71. The molecule has 2 aliphatic heterocycles. The second-order valence-corrected chi connectivity index (χ2v) is 7.86. The van der Waals surface area contributed by atoms with Crippen molar-refractivity contribution in [2.24, 2.45) is 15.9 Å². The number of amides is 3. The monoisotopic (exact) mass is 385 g/mol. The van der Waals surface area contributed by atoms with Gasteiger partial charge in [0.2, 0.25) is 5.91 Å². The quantitative estimate of drug-likeness (QED) is 0.244. The largest absolute Gasteiger partial charge is 0.418 e. The highest BCUT2D eigenvalue weighted by Gasteiger charge is 2.48. The smallest absolute Gasteiger partial charge is 0.385 e. The van der Waals surface area contributed by atoms with Crippen molar-refractivity contribution < 1.29 is 35.3 Å². The van der Waals surface area contributed by atoms with Crippen LogP contribution in [0.25, 0.3) is 0 Å². The molecule has 2 aliphatic rings. The zero-order chi connectivity index (χ0) is 18.3. The first-order chi connectivity index (χ1) is 10.9. The topological polar surface area (TPSA) is 203 Å². The summed E-state index contributed by atoms with van der Waals surface area (Å²) in [5, 5.41) is 0.487. The zero-order valence-electron chi connectivity index (χ0n) is 12.1. The molecule has 0 aliphatic carbocycles. The first-order valence-corrected chi connectivity index (χ1v) is 9.50. The average molecular weight is 385 g/mol. The molecule has 2 heterocycles. The molecule has 2 saturated heterocycles. The normalized spacial score (nSPS) is 25.2. The minimum absolute atomic E-state index is 0.00507. The third kappa shape index (κ3) is 4.11. The lowest BCUT2D eigenvalue weighted by Gasteiger charge is -2.29. The van der Waals surface area contributed by atoms with Gasteiger partial charge in [0.05, 0.1) is 12.1 Å². The van der Waals surface area contributed by atoms with Crippen molar-refractivity contribution in [1.82, 2.24) is 9.96 Å². The molecule has 136 valence electrons. The first kappa shape index (κ1) is 18.4. The van der Waals surface area contributed by atoms with Crippen LogP contribution in [0, 0.1) is 0 Å². The molecule has 0 saturated carbocycles. The van der Waals surface area contributed by atoms with E-state index < -0.39 is 56.0 Å². The number of hydrogen-bond acceptors (Lipinski definition) is 7. The molecule has 5 N–H and O–H groups in total. The van der Waals surface area contributed by atoms with E-state index in [1.165, 1.54) is 0 Å². The number of rotatable bonds is 6. The van der Waals surface area contributed by atoms with E-state index in [0.29, 0.717) is 5.06 Å². The van der Waals surface area contributed by atoms with Crippen molar-refractivity contribution in [3.63, 3.8) is 0 Å². The van der Waals surface area contributed by atoms with Crippen molar-refractivity contribution in [2.75, 3.05) is 12.3 Å². The van der Waals surface area contributed by atoms with Crippen molar-refractivity contribution in [3.05, 3.63) is 0 Å². The van der Waals surface area contributed by atoms with Gasteiger partial charge >= 0.3 is 16.4 Å². The summed E-state index contributed by atoms with van der Waals surface area (Å²) in [7, 11) is -9.13. The van der Waals surface area contributed by atoms with E-state index in [4.69, 9.17) is 16.0 Å². The van der Waals surface area contributed by atoms with Crippen LogP contribution in [0.2, 0.25) is 0 Å². The van der Waals surface area contributed by atoms with E-state index in [9.17, 15) is 26.4 Å². The summed E-state index contributed by atoms with van der Waals surface area (Å²) < 4.78 is 61.0. The molecule has 2 bridgehead atoms. The lowest BCUT2D eigenvalue weighted by molar-refractivity contribution is -0.115. The van der Waals surface area contributed by atoms with Gasteiger partial charge in [0, 0.05) is 6.54 Å². The second-order valence-electron chi connectivity index (χ2n) is 5.22. The van der Waals surface area contributed by atoms with E-state index >= 15 is 0 Å². The van der Waals surface area contributed by atoms with Gasteiger partial charge in [0.15, 0.2) is 0 Å². The summed E-state index contributed by atoms with van der Waals surface area (Å²) in [6.45, 7) is 0.00507. The summed E-state index contributed by atoms with van der Waals surface area (Å²) in [5.41, 5.74) is 10.4. The molecule has 2 fully saturated rings. The van der Waals surface area contributed by atoms with Crippen LogP contribution < -0.4 is 11.5 Å². The summed E-state index contributed by atoms with van der Waals surface area (Å²) in [4.78, 5) is 23.9. The Hall–Kier alpha value is -1.97. The highest BCUT2D eigenvalue weighted by Crippen LogP contribution is 2.30. The van der Waals surface area contributed by atoms with Crippen LogP contribution in [0.3, 0.4) is 0 Å². The molecule has 2 unspecified atom stereocenters. The van der Waals surface area contributed by atoms with Crippen LogP contribution in [-0.4, -0.2) is 73.5 Å². The number of primary amides is 1. The Morgan fingerprint density at radius 3 is 2.46 bits per heavy atom. The Balaban J connectivity index is 2.21. The summed E-state index contributed by atoms with van der Waals surface area (Å²) >= 11 is 0. The van der Waals surface area contributed by atoms with Crippen LogP contribution in [-0.2, 0) is 29.5 Å². The van der Waals surface area contributed by atoms with Gasteiger partial charge in [0.25, 0.3) is 10.0 Å². The maximum absolute atomic E-state index is 12.1. The number of amidine groups is 1. The number of carbonyl (C=O) groups is 2. The fourth-order valence-corrected chi connectivity index (χ4v) is 3.83. The molecule has 0 aromatic carbocycles. The van der Waals surface area contributed by atoms with Gasteiger partial charge in [-0.05, 0) is 12.8 Å². The van der Waals surface area contributed by atoms with Gasteiger partial charge in [-0.3, -0.25) is 9.35 Å². The third-order valence-corrected chi connectivity index (χ3v) is 4.90. The molecule has 0 radical (unpaired) electrons. The van der Waals surface area contributed by atoms with Gasteiger partial charge in [-0.2, -0.15) is 13.5 Å². The zero-order valence-corrected chi connectivity index (χ0v) is 13.7. The number of piperidine rings is 1. The predicted molar refractivity (Wildman–Crippen MR) is 78.0 cm³/mol. The van der Waals surface area contributed by atoms with Gasteiger partial charge in [-0.25, -0.2) is 13.2 Å². The second kappa shape index (κ2) is 6.15. The molecule has 3 amide bonds. The average Bonchev–Trinajstić information content (AvgIpc) is 2.60. The van der Waals surface area contributed by atoms with Crippen molar-refractivity contribution >= 4 is 38.2 Å². The fraction of sp³-hybridized carbons (Fsp3) is 0.667. The van der Waals surface area contributed by atoms with E-state index in [0.717, 1.165) is 4.90 Å². The maximum atomic E-state index is 12.1. The van der Waals surface area contributed by atoms with Crippen LogP contribution >= 0.6 is 0 Å². The number of fused-ring (bicyclic) bond motifs is 2. The SMILES string of the molecule is NC(=O)CS(=O)(=O)N=C(N)C1CCC2CN1C(=O)N2OS(=O)(=O)O. The molecule has 13 nitrogen and oxygen atoms in total. The van der Waals surface area contributed by atoms with E-state index in [2.05, 4.69) is 8.68 Å². The lowest BCUT2D eigenvalue weighted by Crippen LogP contribution is -2.48. The summed E-state index contributed by atoms with van der Waals surface area (Å²) in [6.07, 6.45) is 0.414. The van der Waals surface area contributed by atoms with Crippen molar-refractivity contribution in [1.29, 1.82) is 0 Å². The molecule has 0 aromatic rings. The number of urea groups is 1. The number of nitrogens with two attached hydrogens (primary N) is 2. The van der Waals surface area contributed by atoms with Crippen LogP contribution in [0.1, 0.15) is 12.8 Å². The number of hydrogen-bond donors (Lipinski definition) is 3. The highest BCUT2D eigenvalue weighted by molar-refractivity contribution is 7.91. The molecule has 2 rings (SSSR count). The number of hydroxylamine groups is 2. The molecule has 24 heavy (non-hydrogen) atoms. The fourth-order valence-electron chi connectivity index (χ4n) is 2.57. The minimum Gasteiger partial charge on any atom is -0.385 e. The van der Waals surface area contributed by atoms with E-state index in [-0.39, 0.29) is 19.4 Å². The Morgan fingerprint density at radius 2 is 1.92 bits per heavy atom. The molecule has 2 atom stereocenters. The van der Waals surface area contributed by atoms with Crippen LogP contribution in [0.15, 0.2) is 4.40 Å². The first-order valence-electron chi connectivity index (χ1n) is 6.53. The van der Waals surface area contributed by atoms with Gasteiger partial charge in [0.1, 0.15) is 11.6 Å². The standard InChI is InChI=1S/C9H15N5O8S2/c10-7(15)4-23(17,18)12-8(11)6-2-1-5-3-13(6)9(16)14(5)22-24(19,20)21/h5-6H,1-4H2,(H2,10,15)(H2,11,12)(H,19,20,21). The van der Waals surface area contributed by atoms with Gasteiger partial charge < -0.3 is 16.4 Å². The Bertz CT molecular complexity index is 791. The maximum Gasteiger partial charge on any atom is 0.418 e. The van der Waals surface area contributed by atoms with Crippen LogP contribution in [0.4, 0.5) is 4.79 Å². The Morgan fingerprint density at radius 1 is 1.29 bits per heavy atom. The van der Waals surface area contributed by atoms with Gasteiger partial charge in [-0.15, -0.1) is 8.68 Å². The third-order valence-electron chi connectivity index (χ3n) is 3.41. The molecular weight excluding hydrogens is 370 g/mol. The summed E-state index contributed by atoms with van der Waals surface area (Å²) in [5.74, 6) is -2.58. The minimum atomic E-state index is -4.89. The number of carbonyl (C=O) groups excluding carboxylic acids is 2.